The molecule has 2 aromatic heterocycles. The highest BCUT2D eigenvalue weighted by Gasteiger charge is 2.42. The number of benzene rings is 1. The monoisotopic (exact) mass is 409 g/mol. The quantitative estimate of drug-likeness (QED) is 0.610. The number of fused-ring (bicyclic) bond motifs is 3. The predicted octanol–water partition coefficient (Wildman–Crippen LogP) is 5.12. The Morgan fingerprint density at radius 1 is 1.32 bits per heavy atom. The van der Waals surface area contributed by atoms with E-state index in [-0.39, 0.29) is 11.2 Å². The first-order chi connectivity index (χ1) is 13.3. The van der Waals surface area contributed by atoms with Gasteiger partial charge in [0.05, 0.1) is 25.9 Å². The number of alkyl halides is 3. The summed E-state index contributed by atoms with van der Waals surface area (Å²) in [6.07, 6.45) is -2.36. The average Bonchev–Trinajstić information content (AvgIpc) is 2.99. The van der Waals surface area contributed by atoms with Gasteiger partial charge in [-0.2, -0.15) is 13.2 Å². The lowest BCUT2D eigenvalue weighted by Crippen LogP contribution is -2.47. The van der Waals surface area contributed by atoms with Crippen molar-refractivity contribution >= 4 is 22.5 Å². The summed E-state index contributed by atoms with van der Waals surface area (Å²) in [5.41, 5.74) is 3.23. The van der Waals surface area contributed by atoms with Crippen LogP contribution in [-0.4, -0.2) is 40.7 Å². The number of halogens is 4. The molecule has 0 unspecified atom stereocenters. The number of H-pyrrole nitrogens is 1. The SMILES string of the molecule is COc1cnc(Cl)cc1[C@@H]1c2[nH]c3ccccc3c2C[C@@H](C)N1CC(F)(F)F. The molecule has 148 valence electrons. The maximum absolute atomic E-state index is 13.4. The molecule has 1 aliphatic rings. The summed E-state index contributed by atoms with van der Waals surface area (Å²) < 4.78 is 45.7. The van der Waals surface area contributed by atoms with Crippen LogP contribution in [0, 0.1) is 0 Å². The third-order valence-electron chi connectivity index (χ3n) is 5.26. The van der Waals surface area contributed by atoms with E-state index >= 15 is 0 Å². The van der Waals surface area contributed by atoms with Gasteiger partial charge in [-0.05, 0) is 31.0 Å². The maximum Gasteiger partial charge on any atom is 0.401 e. The van der Waals surface area contributed by atoms with Crippen molar-refractivity contribution < 1.29 is 17.9 Å². The van der Waals surface area contributed by atoms with Crippen molar-refractivity contribution in [2.45, 2.75) is 31.6 Å². The van der Waals surface area contributed by atoms with Crippen molar-refractivity contribution in [2.75, 3.05) is 13.7 Å². The van der Waals surface area contributed by atoms with Crippen LogP contribution in [-0.2, 0) is 6.42 Å². The molecular weight excluding hydrogens is 391 g/mol. The molecule has 1 N–H and O–H groups in total. The van der Waals surface area contributed by atoms with Crippen molar-refractivity contribution in [1.29, 1.82) is 0 Å². The highest BCUT2D eigenvalue weighted by molar-refractivity contribution is 6.29. The van der Waals surface area contributed by atoms with Crippen LogP contribution in [0.1, 0.15) is 29.8 Å². The van der Waals surface area contributed by atoms with E-state index in [0.29, 0.717) is 17.7 Å². The molecule has 0 saturated heterocycles. The van der Waals surface area contributed by atoms with Gasteiger partial charge < -0.3 is 9.72 Å². The van der Waals surface area contributed by atoms with E-state index in [1.165, 1.54) is 18.2 Å². The lowest BCUT2D eigenvalue weighted by molar-refractivity contribution is -0.155. The standard InChI is InChI=1S/C20H19ClF3N3O/c1-11-7-13-12-5-3-4-6-15(12)26-18(13)19(27(11)10-20(22,23)24)14-8-17(21)25-9-16(14)28-2/h3-6,8-9,11,19,26H,7,10H2,1-2H3/t11-,19-/m1/s1. The van der Waals surface area contributed by atoms with Crippen LogP contribution in [0.15, 0.2) is 36.5 Å². The summed E-state index contributed by atoms with van der Waals surface area (Å²) in [5, 5.41) is 1.23. The topological polar surface area (TPSA) is 41.1 Å². The van der Waals surface area contributed by atoms with Crippen LogP contribution in [0.25, 0.3) is 10.9 Å². The summed E-state index contributed by atoms with van der Waals surface area (Å²) in [4.78, 5) is 8.81. The number of ether oxygens (including phenoxy) is 1. The third-order valence-corrected chi connectivity index (χ3v) is 5.46. The highest BCUT2D eigenvalue weighted by atomic mass is 35.5. The van der Waals surface area contributed by atoms with Crippen molar-refractivity contribution in [2.24, 2.45) is 0 Å². The molecule has 1 aromatic carbocycles. The molecule has 0 amide bonds. The van der Waals surface area contributed by atoms with Gasteiger partial charge in [-0.25, -0.2) is 4.98 Å². The van der Waals surface area contributed by atoms with E-state index < -0.39 is 18.8 Å². The maximum atomic E-state index is 13.4. The van der Waals surface area contributed by atoms with Crippen LogP contribution < -0.4 is 4.74 Å². The molecule has 0 aliphatic carbocycles. The second-order valence-corrected chi connectivity index (χ2v) is 7.44. The second-order valence-electron chi connectivity index (χ2n) is 7.05. The predicted molar refractivity (Wildman–Crippen MR) is 102 cm³/mol. The van der Waals surface area contributed by atoms with Gasteiger partial charge in [0, 0.05) is 28.2 Å². The van der Waals surface area contributed by atoms with Gasteiger partial charge in [0.15, 0.2) is 0 Å². The Balaban J connectivity index is 1.96. The van der Waals surface area contributed by atoms with Gasteiger partial charge in [-0.15, -0.1) is 0 Å². The van der Waals surface area contributed by atoms with Gasteiger partial charge >= 0.3 is 6.18 Å². The number of hydrogen-bond acceptors (Lipinski definition) is 3. The normalized spacial score (nSPS) is 20.4. The molecule has 0 spiro atoms. The van der Waals surface area contributed by atoms with Gasteiger partial charge in [-0.3, -0.25) is 4.90 Å². The fourth-order valence-electron chi connectivity index (χ4n) is 4.11. The largest absolute Gasteiger partial charge is 0.495 e. The Morgan fingerprint density at radius 3 is 2.79 bits per heavy atom. The van der Waals surface area contributed by atoms with E-state index in [1.54, 1.807) is 6.07 Å². The molecule has 4 rings (SSSR count). The lowest BCUT2D eigenvalue weighted by atomic mass is 9.88. The fraction of sp³-hybridized carbons (Fsp3) is 0.350. The number of nitrogens with zero attached hydrogens (tertiary/aromatic N) is 2. The molecule has 4 nitrogen and oxygen atoms in total. The smallest absolute Gasteiger partial charge is 0.401 e. The van der Waals surface area contributed by atoms with E-state index in [0.717, 1.165) is 22.2 Å². The van der Waals surface area contributed by atoms with E-state index in [9.17, 15) is 13.2 Å². The molecule has 0 radical (unpaired) electrons. The fourth-order valence-corrected chi connectivity index (χ4v) is 4.28. The summed E-state index contributed by atoms with van der Waals surface area (Å²) in [6, 6.07) is 8.34. The number of rotatable bonds is 3. The number of aromatic amines is 1. The summed E-state index contributed by atoms with van der Waals surface area (Å²) >= 11 is 6.10. The summed E-state index contributed by atoms with van der Waals surface area (Å²) in [6.45, 7) is 0.787. The second kappa shape index (κ2) is 6.97. The van der Waals surface area contributed by atoms with E-state index in [4.69, 9.17) is 16.3 Å². The molecular formula is C20H19ClF3N3O. The Labute approximate surface area is 165 Å². The van der Waals surface area contributed by atoms with Crippen LogP contribution in [0.3, 0.4) is 0 Å². The van der Waals surface area contributed by atoms with Crippen molar-refractivity contribution in [3.05, 3.63) is 58.5 Å². The first kappa shape index (κ1) is 19.1. The lowest BCUT2D eigenvalue weighted by Gasteiger charge is -2.41. The molecule has 0 fully saturated rings. The molecule has 3 aromatic rings. The first-order valence-corrected chi connectivity index (χ1v) is 9.27. The number of pyridine rings is 1. The molecule has 0 saturated carbocycles. The minimum Gasteiger partial charge on any atom is -0.495 e. The Bertz CT molecular complexity index is 1020. The molecule has 28 heavy (non-hydrogen) atoms. The number of aromatic nitrogens is 2. The summed E-state index contributed by atoms with van der Waals surface area (Å²) in [7, 11) is 1.47. The highest BCUT2D eigenvalue weighted by Crippen LogP contribution is 2.44. The molecule has 2 atom stereocenters. The molecule has 8 heteroatoms. The summed E-state index contributed by atoms with van der Waals surface area (Å²) in [5.74, 6) is 0.403. The first-order valence-electron chi connectivity index (χ1n) is 8.90. The molecule has 0 bridgehead atoms. The Morgan fingerprint density at radius 2 is 2.07 bits per heavy atom. The Hall–Kier alpha value is -2.25. The zero-order valence-corrected chi connectivity index (χ0v) is 16.1. The van der Waals surface area contributed by atoms with Gasteiger partial charge in [-0.1, -0.05) is 29.8 Å². The third kappa shape index (κ3) is 3.33. The zero-order chi connectivity index (χ0) is 20.1. The van der Waals surface area contributed by atoms with Crippen LogP contribution in [0.4, 0.5) is 13.2 Å². The Kier molecular flexibility index (Phi) is 4.75. The van der Waals surface area contributed by atoms with Crippen molar-refractivity contribution in [1.82, 2.24) is 14.9 Å². The van der Waals surface area contributed by atoms with E-state index in [1.807, 2.05) is 31.2 Å². The van der Waals surface area contributed by atoms with Crippen molar-refractivity contribution in [3.63, 3.8) is 0 Å². The minimum absolute atomic E-state index is 0.207. The van der Waals surface area contributed by atoms with Gasteiger partial charge in [0.25, 0.3) is 0 Å². The van der Waals surface area contributed by atoms with Crippen molar-refractivity contribution in [3.8, 4) is 5.75 Å². The van der Waals surface area contributed by atoms with E-state index in [2.05, 4.69) is 9.97 Å². The number of nitrogens with one attached hydrogen (secondary N) is 1. The number of methoxy groups -OCH3 is 1. The van der Waals surface area contributed by atoms with Crippen LogP contribution in [0.2, 0.25) is 5.15 Å². The van der Waals surface area contributed by atoms with Crippen LogP contribution in [0.5, 0.6) is 5.75 Å². The average molecular weight is 410 g/mol. The van der Waals surface area contributed by atoms with Gasteiger partial charge in [0.1, 0.15) is 10.9 Å². The minimum atomic E-state index is -4.33. The van der Waals surface area contributed by atoms with Crippen LogP contribution >= 0.6 is 11.6 Å². The number of para-hydroxylation sites is 1. The van der Waals surface area contributed by atoms with Gasteiger partial charge in [0.2, 0.25) is 0 Å². The zero-order valence-electron chi connectivity index (χ0n) is 15.3. The number of hydrogen-bond donors (Lipinski definition) is 1. The molecule has 1 aliphatic heterocycles. The molecule has 3 heterocycles.